The molecule has 3 heteroatoms. The lowest BCUT2D eigenvalue weighted by Crippen LogP contribution is -2.45. The summed E-state index contributed by atoms with van der Waals surface area (Å²) in [6, 6.07) is 9.04. The van der Waals surface area contributed by atoms with Gasteiger partial charge in [-0.15, -0.1) is 0 Å². The van der Waals surface area contributed by atoms with Crippen LogP contribution < -0.4 is 5.32 Å². The Bertz CT molecular complexity index is 350. The number of nitrogens with one attached hydrogen (secondary N) is 1. The molecular formula is C13H17NO2. The van der Waals surface area contributed by atoms with Gasteiger partial charge in [-0.05, 0) is 25.0 Å². The number of aliphatic hydroxyl groups excluding tert-OH is 1. The molecule has 0 radical (unpaired) electrons. The Kier molecular flexibility index (Phi) is 3.57. The topological polar surface area (TPSA) is 49.3 Å². The third-order valence-electron chi connectivity index (χ3n) is 3.08. The van der Waals surface area contributed by atoms with Crippen LogP contribution in [0.15, 0.2) is 30.3 Å². The normalized spacial score (nSPS) is 25.1. The molecule has 2 rings (SSSR count). The second-order valence-electron chi connectivity index (χ2n) is 4.30. The van der Waals surface area contributed by atoms with E-state index in [2.05, 4.69) is 5.32 Å². The van der Waals surface area contributed by atoms with Crippen molar-refractivity contribution >= 4 is 5.91 Å². The maximum Gasteiger partial charge on any atom is 0.251 e. The van der Waals surface area contributed by atoms with Gasteiger partial charge in [-0.2, -0.15) is 0 Å². The number of rotatable bonds is 2. The molecule has 1 aliphatic rings. The molecule has 0 bridgehead atoms. The zero-order chi connectivity index (χ0) is 11.4. The van der Waals surface area contributed by atoms with Crippen LogP contribution in [0, 0.1) is 0 Å². The molecule has 2 N–H and O–H groups in total. The Balaban J connectivity index is 1.96. The standard InChI is InChI=1S/C13H17NO2/c15-12-9-5-4-8-11(12)14-13(16)10-6-2-1-3-7-10/h1-3,6-7,11-12,15H,4-5,8-9H2,(H,14,16)/t11-,12+/m1/s1. The second-order valence-corrected chi connectivity index (χ2v) is 4.30. The Labute approximate surface area is 95.5 Å². The van der Waals surface area contributed by atoms with Crippen molar-refractivity contribution in [2.45, 2.75) is 37.8 Å². The van der Waals surface area contributed by atoms with E-state index in [9.17, 15) is 9.90 Å². The maximum atomic E-state index is 11.8. The average Bonchev–Trinajstić information content (AvgIpc) is 2.33. The minimum Gasteiger partial charge on any atom is -0.391 e. The summed E-state index contributed by atoms with van der Waals surface area (Å²) >= 11 is 0. The van der Waals surface area contributed by atoms with Crippen molar-refractivity contribution in [3.8, 4) is 0 Å². The third kappa shape index (κ3) is 2.61. The van der Waals surface area contributed by atoms with Crippen LogP contribution in [0.1, 0.15) is 36.0 Å². The smallest absolute Gasteiger partial charge is 0.251 e. The van der Waals surface area contributed by atoms with Gasteiger partial charge in [0.15, 0.2) is 0 Å². The molecule has 0 unspecified atom stereocenters. The third-order valence-corrected chi connectivity index (χ3v) is 3.08. The molecule has 3 nitrogen and oxygen atoms in total. The number of benzene rings is 1. The van der Waals surface area contributed by atoms with E-state index in [0.29, 0.717) is 5.56 Å². The van der Waals surface area contributed by atoms with Gasteiger partial charge in [0.05, 0.1) is 12.1 Å². The van der Waals surface area contributed by atoms with Gasteiger partial charge in [0.1, 0.15) is 0 Å². The SMILES string of the molecule is O=C(N[C@@H]1CCCC[C@@H]1O)c1ccccc1. The average molecular weight is 219 g/mol. The zero-order valence-corrected chi connectivity index (χ0v) is 9.23. The van der Waals surface area contributed by atoms with E-state index < -0.39 is 0 Å². The fourth-order valence-corrected chi connectivity index (χ4v) is 2.12. The van der Waals surface area contributed by atoms with E-state index in [1.165, 1.54) is 0 Å². The first kappa shape index (κ1) is 11.1. The van der Waals surface area contributed by atoms with Gasteiger partial charge < -0.3 is 10.4 Å². The summed E-state index contributed by atoms with van der Waals surface area (Å²) < 4.78 is 0. The molecule has 1 saturated carbocycles. The highest BCUT2D eigenvalue weighted by Crippen LogP contribution is 2.18. The molecule has 1 aliphatic carbocycles. The molecule has 1 aromatic carbocycles. The lowest BCUT2D eigenvalue weighted by atomic mass is 9.92. The van der Waals surface area contributed by atoms with E-state index in [0.717, 1.165) is 25.7 Å². The minimum absolute atomic E-state index is 0.0820. The quantitative estimate of drug-likeness (QED) is 0.795. The van der Waals surface area contributed by atoms with Gasteiger partial charge >= 0.3 is 0 Å². The molecule has 0 spiro atoms. The monoisotopic (exact) mass is 219 g/mol. The van der Waals surface area contributed by atoms with E-state index in [1.54, 1.807) is 12.1 Å². The van der Waals surface area contributed by atoms with Gasteiger partial charge in [0.2, 0.25) is 0 Å². The van der Waals surface area contributed by atoms with Crippen molar-refractivity contribution in [3.63, 3.8) is 0 Å². The van der Waals surface area contributed by atoms with Gasteiger partial charge in [-0.3, -0.25) is 4.79 Å². The lowest BCUT2D eigenvalue weighted by Gasteiger charge is -2.28. The second kappa shape index (κ2) is 5.12. The van der Waals surface area contributed by atoms with Crippen molar-refractivity contribution in [2.75, 3.05) is 0 Å². The number of carbonyl (C=O) groups excluding carboxylic acids is 1. The summed E-state index contributed by atoms with van der Waals surface area (Å²) in [5.41, 5.74) is 0.653. The predicted octanol–water partition coefficient (Wildman–Crippen LogP) is 1.72. The molecule has 2 atom stereocenters. The van der Waals surface area contributed by atoms with E-state index in [4.69, 9.17) is 0 Å². The lowest BCUT2D eigenvalue weighted by molar-refractivity contribution is 0.0717. The number of carbonyl (C=O) groups is 1. The van der Waals surface area contributed by atoms with Gasteiger partial charge in [0.25, 0.3) is 5.91 Å². The van der Waals surface area contributed by atoms with Crippen LogP contribution in [0.4, 0.5) is 0 Å². The fraction of sp³-hybridized carbons (Fsp3) is 0.462. The molecule has 86 valence electrons. The summed E-state index contributed by atoms with van der Waals surface area (Å²) in [7, 11) is 0. The Morgan fingerprint density at radius 2 is 1.88 bits per heavy atom. The Hall–Kier alpha value is -1.35. The first-order valence-corrected chi connectivity index (χ1v) is 5.81. The number of aliphatic hydroxyl groups is 1. The van der Waals surface area contributed by atoms with Crippen LogP contribution in [-0.4, -0.2) is 23.2 Å². The molecule has 1 fully saturated rings. The highest BCUT2D eigenvalue weighted by atomic mass is 16.3. The molecule has 0 heterocycles. The first-order chi connectivity index (χ1) is 7.77. The fourth-order valence-electron chi connectivity index (χ4n) is 2.12. The summed E-state index contributed by atoms with van der Waals surface area (Å²) in [5, 5.41) is 12.6. The van der Waals surface area contributed by atoms with Gasteiger partial charge in [0, 0.05) is 5.56 Å². The van der Waals surface area contributed by atoms with Crippen LogP contribution in [-0.2, 0) is 0 Å². The Morgan fingerprint density at radius 1 is 1.19 bits per heavy atom. The van der Waals surface area contributed by atoms with Gasteiger partial charge in [-0.25, -0.2) is 0 Å². The predicted molar refractivity (Wildman–Crippen MR) is 62.2 cm³/mol. The summed E-state index contributed by atoms with van der Waals surface area (Å²) in [6.07, 6.45) is 3.41. The van der Waals surface area contributed by atoms with Crippen molar-refractivity contribution < 1.29 is 9.90 Å². The molecule has 0 saturated heterocycles. The van der Waals surface area contributed by atoms with Crippen LogP contribution in [0.5, 0.6) is 0 Å². The zero-order valence-electron chi connectivity index (χ0n) is 9.23. The molecule has 0 aromatic heterocycles. The summed E-state index contributed by atoms with van der Waals surface area (Å²) in [4.78, 5) is 11.8. The summed E-state index contributed by atoms with van der Waals surface area (Å²) in [6.45, 7) is 0. The molecule has 1 amide bonds. The highest BCUT2D eigenvalue weighted by Gasteiger charge is 2.24. The van der Waals surface area contributed by atoms with Crippen LogP contribution >= 0.6 is 0 Å². The minimum atomic E-state index is -0.388. The van der Waals surface area contributed by atoms with Gasteiger partial charge in [-0.1, -0.05) is 31.0 Å². The maximum absolute atomic E-state index is 11.8. The van der Waals surface area contributed by atoms with Crippen molar-refractivity contribution in [1.29, 1.82) is 0 Å². The number of hydrogen-bond donors (Lipinski definition) is 2. The van der Waals surface area contributed by atoms with Crippen molar-refractivity contribution in [1.82, 2.24) is 5.32 Å². The van der Waals surface area contributed by atoms with Crippen molar-refractivity contribution in [3.05, 3.63) is 35.9 Å². The number of amides is 1. The van der Waals surface area contributed by atoms with Crippen LogP contribution in [0.25, 0.3) is 0 Å². The van der Waals surface area contributed by atoms with E-state index >= 15 is 0 Å². The van der Waals surface area contributed by atoms with Crippen LogP contribution in [0.2, 0.25) is 0 Å². The van der Waals surface area contributed by atoms with Crippen molar-refractivity contribution in [2.24, 2.45) is 0 Å². The molecule has 16 heavy (non-hydrogen) atoms. The van der Waals surface area contributed by atoms with E-state index in [1.807, 2.05) is 18.2 Å². The summed E-state index contributed by atoms with van der Waals surface area (Å²) in [5.74, 6) is -0.0912. The van der Waals surface area contributed by atoms with Crippen LogP contribution in [0.3, 0.4) is 0 Å². The first-order valence-electron chi connectivity index (χ1n) is 5.81. The molecule has 1 aromatic rings. The van der Waals surface area contributed by atoms with E-state index in [-0.39, 0.29) is 18.1 Å². The molecule has 0 aliphatic heterocycles. The number of hydrogen-bond acceptors (Lipinski definition) is 2. The Morgan fingerprint density at radius 3 is 2.56 bits per heavy atom. The largest absolute Gasteiger partial charge is 0.391 e. The highest BCUT2D eigenvalue weighted by molar-refractivity contribution is 5.94. The molecular weight excluding hydrogens is 202 g/mol.